The number of hydrogen-bond donors (Lipinski definition) is 0. The minimum atomic E-state index is 1.09. The lowest BCUT2D eigenvalue weighted by Gasteiger charge is -2.27. The Hall–Kier alpha value is -8.04. The van der Waals surface area contributed by atoms with E-state index in [9.17, 15) is 0 Å². The van der Waals surface area contributed by atoms with Crippen LogP contribution >= 0.6 is 11.3 Å². The third kappa shape index (κ3) is 6.64. The van der Waals surface area contributed by atoms with E-state index in [1.807, 2.05) is 11.3 Å². The fourth-order valence-corrected chi connectivity index (χ4v) is 10.9. The first-order valence-electron chi connectivity index (χ1n) is 21.9. The van der Waals surface area contributed by atoms with Crippen molar-refractivity contribution in [3.63, 3.8) is 0 Å². The lowest BCUT2D eigenvalue weighted by Crippen LogP contribution is -2.10. The predicted octanol–water partition coefficient (Wildman–Crippen LogP) is 18.2. The average Bonchev–Trinajstić information content (AvgIpc) is 3.76. The van der Waals surface area contributed by atoms with Crippen molar-refractivity contribution in [1.82, 2.24) is 0 Å². The molecule has 12 rings (SSSR count). The predicted molar refractivity (Wildman–Crippen MR) is 276 cm³/mol. The molecule has 2 heteroatoms. The lowest BCUT2D eigenvalue weighted by molar-refractivity contribution is 1.28. The molecule has 11 aromatic carbocycles. The Morgan fingerprint density at radius 3 is 1.42 bits per heavy atom. The molecule has 0 amide bonds. The van der Waals surface area contributed by atoms with Crippen LogP contribution in [0.25, 0.3) is 97.4 Å². The van der Waals surface area contributed by atoms with E-state index in [-0.39, 0.29) is 0 Å². The van der Waals surface area contributed by atoms with Gasteiger partial charge in [0.05, 0.1) is 0 Å². The second-order valence-corrected chi connectivity index (χ2v) is 17.5. The van der Waals surface area contributed by atoms with Crippen molar-refractivity contribution in [2.24, 2.45) is 0 Å². The smallest absolute Gasteiger partial charge is 0.0467 e. The van der Waals surface area contributed by atoms with E-state index in [0.717, 1.165) is 17.1 Å². The third-order valence-corrected chi connectivity index (χ3v) is 13.9. The summed E-state index contributed by atoms with van der Waals surface area (Å²) in [6, 6.07) is 90.9. The van der Waals surface area contributed by atoms with E-state index in [4.69, 9.17) is 0 Å². The van der Waals surface area contributed by atoms with Crippen molar-refractivity contribution < 1.29 is 0 Å². The first-order valence-corrected chi connectivity index (χ1v) is 22.7. The van der Waals surface area contributed by atoms with Crippen molar-refractivity contribution >= 4 is 70.1 Å². The van der Waals surface area contributed by atoms with Gasteiger partial charge in [-0.1, -0.05) is 200 Å². The van der Waals surface area contributed by atoms with Gasteiger partial charge in [0.1, 0.15) is 0 Å². The monoisotopic (exact) mass is 831 g/mol. The Morgan fingerprint density at radius 2 is 0.719 bits per heavy atom. The molecule has 0 fully saturated rings. The second kappa shape index (κ2) is 16.0. The zero-order valence-electron chi connectivity index (χ0n) is 35.0. The molecule has 0 aliphatic heterocycles. The van der Waals surface area contributed by atoms with Crippen molar-refractivity contribution in [1.29, 1.82) is 0 Å². The van der Waals surface area contributed by atoms with E-state index < -0.39 is 0 Å². The molecule has 12 aromatic rings. The maximum atomic E-state index is 2.41. The standard InChI is InChI=1S/C62H41NS/c1-4-17-42(18-5-1)46-23-14-25-50(39-46)63(51-26-15-24-48(40-51)52-30-16-31-57-55-28-12-13-32-59(55)64-62(52)57)49-36-33-43(34-37-49)47-35-38-54-53-27-10-11-29-56(53)60(44-19-6-2-7-20-44)61(58(54)41-47)45-21-8-3-9-22-45/h1-41H. The van der Waals surface area contributed by atoms with E-state index in [0.29, 0.717) is 0 Å². The zero-order chi connectivity index (χ0) is 42.4. The van der Waals surface area contributed by atoms with Crippen LogP contribution in [0, 0.1) is 0 Å². The zero-order valence-corrected chi connectivity index (χ0v) is 35.8. The average molecular weight is 832 g/mol. The molecular weight excluding hydrogens is 791 g/mol. The molecule has 300 valence electrons. The van der Waals surface area contributed by atoms with Crippen molar-refractivity contribution in [3.05, 3.63) is 249 Å². The highest BCUT2D eigenvalue weighted by atomic mass is 32.1. The van der Waals surface area contributed by atoms with Gasteiger partial charge in [0.2, 0.25) is 0 Å². The quantitative estimate of drug-likeness (QED) is 0.138. The van der Waals surface area contributed by atoms with Crippen molar-refractivity contribution in [2.45, 2.75) is 0 Å². The molecular formula is C62H41NS. The van der Waals surface area contributed by atoms with Crippen molar-refractivity contribution in [3.8, 4) is 55.6 Å². The molecule has 1 nitrogen and oxygen atoms in total. The topological polar surface area (TPSA) is 3.24 Å². The second-order valence-electron chi connectivity index (χ2n) is 16.4. The summed E-state index contributed by atoms with van der Waals surface area (Å²) in [4.78, 5) is 2.40. The fraction of sp³-hybridized carbons (Fsp3) is 0. The van der Waals surface area contributed by atoms with Crippen LogP contribution in [0.3, 0.4) is 0 Å². The minimum absolute atomic E-state index is 1.09. The first kappa shape index (κ1) is 37.7. The molecule has 0 atom stereocenters. The van der Waals surface area contributed by atoms with Gasteiger partial charge in [0, 0.05) is 37.2 Å². The molecule has 0 unspecified atom stereocenters. The Morgan fingerprint density at radius 1 is 0.250 bits per heavy atom. The summed E-state index contributed by atoms with van der Waals surface area (Å²) in [6.45, 7) is 0. The number of nitrogens with zero attached hydrogens (tertiary/aromatic N) is 1. The van der Waals surface area contributed by atoms with Crippen LogP contribution < -0.4 is 4.90 Å². The molecule has 0 radical (unpaired) electrons. The Balaban J connectivity index is 1.01. The van der Waals surface area contributed by atoms with Gasteiger partial charge >= 0.3 is 0 Å². The third-order valence-electron chi connectivity index (χ3n) is 12.6. The Kier molecular flexibility index (Phi) is 9.43. The molecule has 1 heterocycles. The maximum absolute atomic E-state index is 2.41. The molecule has 0 aliphatic rings. The van der Waals surface area contributed by atoms with E-state index in [2.05, 4.69) is 254 Å². The summed E-state index contributed by atoms with van der Waals surface area (Å²) in [5, 5.41) is 7.64. The molecule has 0 saturated carbocycles. The van der Waals surface area contributed by atoms with Crippen LogP contribution in [0.2, 0.25) is 0 Å². The van der Waals surface area contributed by atoms with Gasteiger partial charge in [0.15, 0.2) is 0 Å². The number of fused-ring (bicyclic) bond motifs is 6. The van der Waals surface area contributed by atoms with Gasteiger partial charge in [-0.25, -0.2) is 0 Å². The molecule has 0 aliphatic carbocycles. The van der Waals surface area contributed by atoms with Gasteiger partial charge in [-0.15, -0.1) is 11.3 Å². The molecule has 0 N–H and O–H groups in total. The summed E-state index contributed by atoms with van der Waals surface area (Å²) in [7, 11) is 0. The molecule has 0 saturated heterocycles. The van der Waals surface area contributed by atoms with Crippen LogP contribution in [0.1, 0.15) is 0 Å². The fourth-order valence-electron chi connectivity index (χ4n) is 9.67. The Bertz CT molecular complexity index is 3650. The number of thiophene rings is 1. The minimum Gasteiger partial charge on any atom is -0.310 e. The number of benzene rings is 11. The first-order chi connectivity index (χ1) is 31.7. The Labute approximate surface area is 377 Å². The van der Waals surface area contributed by atoms with Crippen LogP contribution in [-0.2, 0) is 0 Å². The largest absolute Gasteiger partial charge is 0.310 e. The van der Waals surface area contributed by atoms with E-state index >= 15 is 0 Å². The van der Waals surface area contributed by atoms with Gasteiger partial charge < -0.3 is 4.90 Å². The van der Waals surface area contributed by atoms with Crippen LogP contribution in [0.4, 0.5) is 17.1 Å². The molecule has 1 aromatic heterocycles. The number of anilines is 3. The highest BCUT2D eigenvalue weighted by Crippen LogP contribution is 2.47. The van der Waals surface area contributed by atoms with Gasteiger partial charge in [-0.3, -0.25) is 0 Å². The van der Waals surface area contributed by atoms with Crippen LogP contribution in [-0.4, -0.2) is 0 Å². The molecule has 0 spiro atoms. The van der Waals surface area contributed by atoms with Gasteiger partial charge in [-0.05, 0) is 126 Å². The summed E-state index contributed by atoms with van der Waals surface area (Å²) in [5.74, 6) is 0. The van der Waals surface area contributed by atoms with Crippen molar-refractivity contribution in [2.75, 3.05) is 4.90 Å². The van der Waals surface area contributed by atoms with Crippen LogP contribution in [0.5, 0.6) is 0 Å². The summed E-state index contributed by atoms with van der Waals surface area (Å²) >= 11 is 1.88. The normalized spacial score (nSPS) is 11.4. The molecule has 64 heavy (non-hydrogen) atoms. The van der Waals surface area contributed by atoms with E-state index in [1.54, 1.807) is 0 Å². The highest BCUT2D eigenvalue weighted by molar-refractivity contribution is 7.26. The van der Waals surface area contributed by atoms with Crippen LogP contribution in [0.15, 0.2) is 249 Å². The SMILES string of the molecule is c1ccc(-c2cccc(N(c3ccc(-c4ccc5c(c4)c(-c4ccccc4)c(-c4ccccc4)c4ccccc45)cc3)c3cccc(-c4cccc5c4sc4ccccc45)c3)c2)cc1. The summed E-state index contributed by atoms with van der Waals surface area (Å²) in [6.07, 6.45) is 0. The van der Waals surface area contributed by atoms with Gasteiger partial charge in [0.25, 0.3) is 0 Å². The lowest BCUT2D eigenvalue weighted by atomic mass is 9.84. The number of hydrogen-bond acceptors (Lipinski definition) is 2. The van der Waals surface area contributed by atoms with Gasteiger partial charge in [-0.2, -0.15) is 0 Å². The number of rotatable bonds is 8. The molecule has 0 bridgehead atoms. The summed E-state index contributed by atoms with van der Waals surface area (Å²) < 4.78 is 2.63. The van der Waals surface area contributed by atoms with E-state index in [1.165, 1.54) is 97.4 Å². The highest BCUT2D eigenvalue weighted by Gasteiger charge is 2.20. The summed E-state index contributed by atoms with van der Waals surface area (Å²) in [5.41, 5.74) is 15.4. The maximum Gasteiger partial charge on any atom is 0.0467 e.